The lowest BCUT2D eigenvalue weighted by Gasteiger charge is -2.12. The topological polar surface area (TPSA) is 59.1 Å². The van der Waals surface area contributed by atoms with Gasteiger partial charge in [0.25, 0.3) is 0 Å². The first-order valence-electron chi connectivity index (χ1n) is 5.74. The van der Waals surface area contributed by atoms with Crippen molar-refractivity contribution in [3.05, 3.63) is 58.1 Å². The van der Waals surface area contributed by atoms with Crippen LogP contribution in [0.5, 0.6) is 11.5 Å². The summed E-state index contributed by atoms with van der Waals surface area (Å²) >= 11 is 13.2. The molecular formula is C14H12Cl2N2OS. The van der Waals surface area contributed by atoms with Crippen molar-refractivity contribution >= 4 is 40.1 Å². The molecule has 0 spiro atoms. The Bertz CT molecular complexity index is 634. The van der Waals surface area contributed by atoms with Gasteiger partial charge in [-0.2, -0.15) is 0 Å². The van der Waals surface area contributed by atoms with Crippen molar-refractivity contribution in [1.82, 2.24) is 0 Å². The lowest BCUT2D eigenvalue weighted by Crippen LogP contribution is -2.04. The lowest BCUT2D eigenvalue weighted by molar-refractivity contribution is 0.479. The molecule has 3 nitrogen and oxygen atoms in total. The third-order valence-corrected chi connectivity index (χ3v) is 3.77. The van der Waals surface area contributed by atoms with E-state index in [0.717, 1.165) is 5.56 Å². The van der Waals surface area contributed by atoms with Gasteiger partial charge in [0.15, 0.2) is 5.17 Å². The van der Waals surface area contributed by atoms with Gasteiger partial charge in [0, 0.05) is 16.3 Å². The summed E-state index contributed by atoms with van der Waals surface area (Å²) in [5.41, 5.74) is 6.30. The molecule has 0 fully saturated rings. The summed E-state index contributed by atoms with van der Waals surface area (Å²) in [5.74, 6) is 1.79. The predicted octanol–water partition coefficient (Wildman–Crippen LogP) is 4.91. The van der Waals surface area contributed by atoms with Crippen LogP contribution in [-0.2, 0) is 5.75 Å². The van der Waals surface area contributed by atoms with Crippen molar-refractivity contribution in [2.45, 2.75) is 5.75 Å². The fourth-order valence-corrected chi connectivity index (χ4v) is 2.55. The molecule has 0 aliphatic heterocycles. The monoisotopic (exact) mass is 326 g/mol. The molecule has 20 heavy (non-hydrogen) atoms. The van der Waals surface area contributed by atoms with Gasteiger partial charge >= 0.3 is 0 Å². The molecule has 0 aliphatic rings. The predicted molar refractivity (Wildman–Crippen MR) is 86.2 cm³/mol. The number of nitrogens with one attached hydrogen (secondary N) is 1. The molecule has 3 N–H and O–H groups in total. The maximum absolute atomic E-state index is 7.26. The summed E-state index contributed by atoms with van der Waals surface area (Å²) in [6.07, 6.45) is 0. The minimum atomic E-state index is 0.0735. The van der Waals surface area contributed by atoms with Crippen LogP contribution in [0.15, 0.2) is 42.5 Å². The van der Waals surface area contributed by atoms with Gasteiger partial charge in [0.2, 0.25) is 0 Å². The Labute approximate surface area is 131 Å². The molecule has 0 saturated carbocycles. The van der Waals surface area contributed by atoms with E-state index < -0.39 is 0 Å². The average Bonchev–Trinajstić information content (AvgIpc) is 2.41. The Hall–Kier alpha value is -1.36. The molecule has 104 valence electrons. The Balaban J connectivity index is 2.22. The van der Waals surface area contributed by atoms with Gasteiger partial charge in [-0.25, -0.2) is 0 Å². The number of para-hydroxylation sites is 1. The maximum Gasteiger partial charge on any atom is 0.151 e. The summed E-state index contributed by atoms with van der Waals surface area (Å²) in [4.78, 5) is 0. The third-order valence-electron chi connectivity index (χ3n) is 2.47. The molecular weight excluding hydrogens is 315 g/mol. The minimum Gasteiger partial charge on any atom is -0.455 e. The van der Waals surface area contributed by atoms with Crippen molar-refractivity contribution in [1.29, 1.82) is 5.41 Å². The number of nitrogens with two attached hydrogens (primary N) is 1. The zero-order valence-electron chi connectivity index (χ0n) is 10.4. The van der Waals surface area contributed by atoms with E-state index >= 15 is 0 Å². The molecule has 2 aromatic carbocycles. The van der Waals surface area contributed by atoms with Crippen LogP contribution in [0.4, 0.5) is 0 Å². The average molecular weight is 327 g/mol. The number of halogens is 2. The normalized spacial score (nSPS) is 10.3. The molecule has 0 saturated heterocycles. The second kappa shape index (κ2) is 6.88. The minimum absolute atomic E-state index is 0.0735. The highest BCUT2D eigenvalue weighted by Crippen LogP contribution is 2.34. The molecule has 2 rings (SSSR count). The van der Waals surface area contributed by atoms with Crippen LogP contribution in [0, 0.1) is 5.41 Å². The van der Waals surface area contributed by atoms with Crippen molar-refractivity contribution in [3.63, 3.8) is 0 Å². The van der Waals surface area contributed by atoms with E-state index in [1.165, 1.54) is 11.8 Å². The van der Waals surface area contributed by atoms with Crippen molar-refractivity contribution in [3.8, 4) is 11.5 Å². The Morgan fingerprint density at radius 1 is 1.15 bits per heavy atom. The van der Waals surface area contributed by atoms with Crippen molar-refractivity contribution in [2.24, 2.45) is 5.73 Å². The molecule has 0 aliphatic carbocycles. The zero-order chi connectivity index (χ0) is 14.5. The van der Waals surface area contributed by atoms with Crippen molar-refractivity contribution in [2.75, 3.05) is 0 Å². The summed E-state index contributed by atoms with van der Waals surface area (Å²) < 4.78 is 5.81. The molecule has 0 aromatic heterocycles. The molecule has 2 aromatic rings. The molecule has 0 bridgehead atoms. The van der Waals surface area contributed by atoms with Crippen LogP contribution in [-0.4, -0.2) is 5.17 Å². The van der Waals surface area contributed by atoms with Gasteiger partial charge < -0.3 is 10.5 Å². The number of rotatable bonds is 4. The standard InChI is InChI=1S/C14H12Cl2N2OS/c15-10-5-6-13(11(16)7-10)19-12-4-2-1-3-9(12)8-20-14(17)18/h1-7H,8H2,(H3,17,18). The molecule has 0 radical (unpaired) electrons. The maximum atomic E-state index is 7.26. The van der Waals surface area contributed by atoms with E-state index in [1.807, 2.05) is 24.3 Å². The summed E-state index contributed by atoms with van der Waals surface area (Å²) in [7, 11) is 0. The van der Waals surface area contributed by atoms with Gasteiger partial charge in [-0.1, -0.05) is 53.2 Å². The van der Waals surface area contributed by atoms with Gasteiger partial charge in [-0.05, 0) is 24.3 Å². The number of thioether (sulfide) groups is 1. The Morgan fingerprint density at radius 2 is 1.90 bits per heavy atom. The van der Waals surface area contributed by atoms with E-state index in [9.17, 15) is 0 Å². The number of hydrogen-bond donors (Lipinski definition) is 2. The molecule has 0 atom stereocenters. The highest BCUT2D eigenvalue weighted by Gasteiger charge is 2.08. The second-order valence-electron chi connectivity index (χ2n) is 3.94. The highest BCUT2D eigenvalue weighted by atomic mass is 35.5. The Kier molecular flexibility index (Phi) is 5.17. The van der Waals surface area contributed by atoms with Gasteiger partial charge in [-0.15, -0.1) is 0 Å². The molecule has 0 amide bonds. The van der Waals surface area contributed by atoms with Crippen LogP contribution in [0.3, 0.4) is 0 Å². The largest absolute Gasteiger partial charge is 0.455 e. The van der Waals surface area contributed by atoms with Crippen LogP contribution in [0.2, 0.25) is 10.0 Å². The number of benzene rings is 2. The van der Waals surface area contributed by atoms with Gasteiger partial charge in [-0.3, -0.25) is 5.41 Å². The van der Waals surface area contributed by atoms with Gasteiger partial charge in [0.05, 0.1) is 5.02 Å². The van der Waals surface area contributed by atoms with E-state index in [1.54, 1.807) is 18.2 Å². The van der Waals surface area contributed by atoms with E-state index in [0.29, 0.717) is 27.3 Å². The smallest absolute Gasteiger partial charge is 0.151 e. The van der Waals surface area contributed by atoms with Crippen LogP contribution < -0.4 is 10.5 Å². The number of ether oxygens (including phenoxy) is 1. The quantitative estimate of drug-likeness (QED) is 0.619. The van der Waals surface area contributed by atoms with Crippen LogP contribution >= 0.6 is 35.0 Å². The highest BCUT2D eigenvalue weighted by molar-refractivity contribution is 8.13. The first kappa shape index (κ1) is 15.0. The molecule has 0 heterocycles. The zero-order valence-corrected chi connectivity index (χ0v) is 12.7. The SMILES string of the molecule is N=C(N)SCc1ccccc1Oc1ccc(Cl)cc1Cl. The Morgan fingerprint density at radius 3 is 2.60 bits per heavy atom. The molecule has 0 unspecified atom stereocenters. The first-order chi connectivity index (χ1) is 9.56. The summed E-state index contributed by atoms with van der Waals surface area (Å²) in [6.45, 7) is 0. The second-order valence-corrected chi connectivity index (χ2v) is 5.80. The molecule has 6 heteroatoms. The summed E-state index contributed by atoms with van der Waals surface area (Å²) in [5, 5.41) is 8.34. The fourth-order valence-electron chi connectivity index (χ4n) is 1.55. The first-order valence-corrected chi connectivity index (χ1v) is 7.48. The third kappa shape index (κ3) is 4.07. The van der Waals surface area contributed by atoms with E-state index in [4.69, 9.17) is 39.1 Å². The lowest BCUT2D eigenvalue weighted by atomic mass is 10.2. The number of amidine groups is 1. The van der Waals surface area contributed by atoms with E-state index in [-0.39, 0.29) is 5.17 Å². The summed E-state index contributed by atoms with van der Waals surface area (Å²) in [6, 6.07) is 12.6. The number of hydrogen-bond acceptors (Lipinski definition) is 3. The fraction of sp³-hybridized carbons (Fsp3) is 0.0714. The van der Waals surface area contributed by atoms with Crippen LogP contribution in [0.1, 0.15) is 5.56 Å². The van der Waals surface area contributed by atoms with Gasteiger partial charge in [0.1, 0.15) is 11.5 Å². The van der Waals surface area contributed by atoms with E-state index in [2.05, 4.69) is 0 Å². The van der Waals surface area contributed by atoms with Crippen molar-refractivity contribution < 1.29 is 4.74 Å². The van der Waals surface area contributed by atoms with Crippen LogP contribution in [0.25, 0.3) is 0 Å².